The van der Waals surface area contributed by atoms with E-state index in [4.69, 9.17) is 0 Å². The molecule has 0 radical (unpaired) electrons. The monoisotopic (exact) mass is 272 g/mol. The van der Waals surface area contributed by atoms with Gasteiger partial charge in [-0.05, 0) is 71.7 Å². The first-order valence-electron chi connectivity index (χ1n) is 7.51. The fraction of sp³-hybridized carbons (Fsp3) is 0.556. The van der Waals surface area contributed by atoms with E-state index in [1.807, 2.05) is 0 Å². The Kier molecular flexibility index (Phi) is 3.97. The van der Waals surface area contributed by atoms with Crippen LogP contribution in [0.3, 0.4) is 0 Å². The summed E-state index contributed by atoms with van der Waals surface area (Å²) in [6.45, 7) is 14.3. The first-order valence-corrected chi connectivity index (χ1v) is 7.51. The predicted octanol–water partition coefficient (Wildman–Crippen LogP) is 4.03. The topological polar surface area (TPSA) is 17.0 Å². The third-order valence-electron chi connectivity index (χ3n) is 4.08. The second-order valence-corrected chi connectivity index (χ2v) is 7.03. The van der Waals surface area contributed by atoms with Crippen molar-refractivity contribution in [3.63, 3.8) is 0 Å². The minimum Gasteiger partial charge on any atom is -0.347 e. The molecule has 0 spiro atoms. The Balaban J connectivity index is 2.40. The van der Waals surface area contributed by atoms with E-state index in [2.05, 4.69) is 70.6 Å². The second kappa shape index (κ2) is 5.25. The molecule has 0 fully saturated rings. The molecule has 2 aromatic rings. The number of fused-ring (bicyclic) bond motifs is 1. The zero-order valence-corrected chi connectivity index (χ0v) is 14.0. The van der Waals surface area contributed by atoms with E-state index in [1.54, 1.807) is 0 Å². The van der Waals surface area contributed by atoms with Gasteiger partial charge in [0.2, 0.25) is 0 Å². The molecule has 110 valence electrons. The third kappa shape index (κ3) is 2.90. The van der Waals surface area contributed by atoms with Crippen LogP contribution < -0.4 is 5.32 Å². The average molecular weight is 272 g/mol. The summed E-state index contributed by atoms with van der Waals surface area (Å²) >= 11 is 0. The number of aromatic nitrogens is 1. The molecule has 0 aliphatic rings. The second-order valence-electron chi connectivity index (χ2n) is 7.03. The maximum Gasteiger partial charge on any atom is 0.0512 e. The Morgan fingerprint density at radius 1 is 1.10 bits per heavy atom. The van der Waals surface area contributed by atoms with Crippen LogP contribution in [0.15, 0.2) is 12.1 Å². The molecule has 1 N–H and O–H groups in total. The van der Waals surface area contributed by atoms with Crippen LogP contribution in [0.4, 0.5) is 0 Å². The van der Waals surface area contributed by atoms with Crippen LogP contribution in [0.2, 0.25) is 0 Å². The van der Waals surface area contributed by atoms with Crippen LogP contribution in [0.1, 0.15) is 43.2 Å². The maximum absolute atomic E-state index is 3.59. The van der Waals surface area contributed by atoms with Gasteiger partial charge in [-0.2, -0.15) is 0 Å². The molecule has 0 saturated heterocycles. The van der Waals surface area contributed by atoms with Gasteiger partial charge in [-0.25, -0.2) is 0 Å². The summed E-state index contributed by atoms with van der Waals surface area (Å²) in [5, 5.41) is 5.02. The SMILES string of the molecule is Cc1cc(C)c2c(c1)c(CCNC(C)(C)C)c(C)n2C. The highest BCUT2D eigenvalue weighted by atomic mass is 15.0. The van der Waals surface area contributed by atoms with Gasteiger partial charge in [-0.15, -0.1) is 0 Å². The highest BCUT2D eigenvalue weighted by Gasteiger charge is 2.15. The average Bonchev–Trinajstić information content (AvgIpc) is 2.52. The lowest BCUT2D eigenvalue weighted by atomic mass is 10.0. The van der Waals surface area contributed by atoms with Crippen molar-refractivity contribution >= 4 is 10.9 Å². The first-order chi connectivity index (χ1) is 9.20. The number of benzene rings is 1. The van der Waals surface area contributed by atoms with Crippen LogP contribution >= 0.6 is 0 Å². The number of aryl methyl sites for hydroxylation is 3. The molecule has 0 atom stereocenters. The highest BCUT2D eigenvalue weighted by molar-refractivity contribution is 5.88. The zero-order valence-electron chi connectivity index (χ0n) is 14.0. The lowest BCUT2D eigenvalue weighted by Gasteiger charge is -2.20. The third-order valence-corrected chi connectivity index (χ3v) is 4.08. The van der Waals surface area contributed by atoms with Crippen molar-refractivity contribution in [1.29, 1.82) is 0 Å². The lowest BCUT2D eigenvalue weighted by molar-refractivity contribution is 0.429. The summed E-state index contributed by atoms with van der Waals surface area (Å²) < 4.78 is 2.34. The first kappa shape index (κ1) is 15.1. The van der Waals surface area contributed by atoms with Gasteiger partial charge in [0.1, 0.15) is 0 Å². The van der Waals surface area contributed by atoms with Crippen molar-refractivity contribution in [2.75, 3.05) is 6.54 Å². The van der Waals surface area contributed by atoms with E-state index in [1.165, 1.54) is 33.3 Å². The molecule has 0 unspecified atom stereocenters. The van der Waals surface area contributed by atoms with E-state index in [0.29, 0.717) is 0 Å². The van der Waals surface area contributed by atoms with Gasteiger partial charge in [0.25, 0.3) is 0 Å². The quantitative estimate of drug-likeness (QED) is 0.892. The van der Waals surface area contributed by atoms with Crippen molar-refractivity contribution in [1.82, 2.24) is 9.88 Å². The Morgan fingerprint density at radius 3 is 2.35 bits per heavy atom. The van der Waals surface area contributed by atoms with E-state index in [0.717, 1.165) is 13.0 Å². The Hall–Kier alpha value is -1.28. The number of rotatable bonds is 3. The molecule has 0 aliphatic carbocycles. The van der Waals surface area contributed by atoms with Gasteiger partial charge in [0.05, 0.1) is 5.52 Å². The summed E-state index contributed by atoms with van der Waals surface area (Å²) in [5.74, 6) is 0. The molecule has 2 heteroatoms. The van der Waals surface area contributed by atoms with E-state index >= 15 is 0 Å². The van der Waals surface area contributed by atoms with Gasteiger partial charge >= 0.3 is 0 Å². The minimum atomic E-state index is 0.185. The van der Waals surface area contributed by atoms with Crippen molar-refractivity contribution in [3.8, 4) is 0 Å². The van der Waals surface area contributed by atoms with Gasteiger partial charge in [-0.1, -0.05) is 11.6 Å². The van der Waals surface area contributed by atoms with Crippen molar-refractivity contribution in [2.24, 2.45) is 7.05 Å². The van der Waals surface area contributed by atoms with Crippen LogP contribution in [-0.2, 0) is 13.5 Å². The van der Waals surface area contributed by atoms with Crippen LogP contribution in [0, 0.1) is 20.8 Å². The van der Waals surface area contributed by atoms with Crippen molar-refractivity contribution in [2.45, 2.75) is 53.5 Å². The van der Waals surface area contributed by atoms with Crippen molar-refractivity contribution in [3.05, 3.63) is 34.5 Å². The lowest BCUT2D eigenvalue weighted by Crippen LogP contribution is -2.37. The molecule has 1 aromatic carbocycles. The van der Waals surface area contributed by atoms with Gasteiger partial charge in [-0.3, -0.25) is 0 Å². The summed E-state index contributed by atoms with van der Waals surface area (Å²) in [7, 11) is 2.18. The predicted molar refractivity (Wildman–Crippen MR) is 88.6 cm³/mol. The van der Waals surface area contributed by atoms with Crippen molar-refractivity contribution < 1.29 is 0 Å². The Labute approximate surface area is 123 Å². The Bertz CT molecular complexity index is 627. The summed E-state index contributed by atoms with van der Waals surface area (Å²) in [6.07, 6.45) is 1.09. The fourth-order valence-electron chi connectivity index (χ4n) is 3.08. The molecular formula is C18H28N2. The molecule has 20 heavy (non-hydrogen) atoms. The van der Waals surface area contributed by atoms with Gasteiger partial charge < -0.3 is 9.88 Å². The standard InChI is InChI=1S/C18H28N2/c1-12-10-13(2)17-16(11-12)15(14(3)20(17)7)8-9-19-18(4,5)6/h10-11,19H,8-9H2,1-7H3. The van der Waals surface area contributed by atoms with E-state index in [9.17, 15) is 0 Å². The van der Waals surface area contributed by atoms with E-state index in [-0.39, 0.29) is 5.54 Å². The smallest absolute Gasteiger partial charge is 0.0512 e. The van der Waals surface area contributed by atoms with Crippen LogP contribution in [0.25, 0.3) is 10.9 Å². The number of nitrogens with zero attached hydrogens (tertiary/aromatic N) is 1. The zero-order chi connectivity index (χ0) is 15.1. The number of nitrogens with one attached hydrogen (secondary N) is 1. The molecule has 2 nitrogen and oxygen atoms in total. The summed E-state index contributed by atoms with van der Waals surface area (Å²) in [5.41, 5.74) is 7.19. The molecular weight excluding hydrogens is 244 g/mol. The minimum absolute atomic E-state index is 0.185. The van der Waals surface area contributed by atoms with Gasteiger partial charge in [0, 0.05) is 23.7 Å². The number of hydrogen-bond donors (Lipinski definition) is 1. The van der Waals surface area contributed by atoms with Gasteiger partial charge in [0.15, 0.2) is 0 Å². The van der Waals surface area contributed by atoms with E-state index < -0.39 is 0 Å². The molecule has 2 rings (SSSR count). The molecule has 1 aromatic heterocycles. The molecule has 0 bridgehead atoms. The van der Waals surface area contributed by atoms with Crippen LogP contribution in [0.5, 0.6) is 0 Å². The highest BCUT2D eigenvalue weighted by Crippen LogP contribution is 2.29. The molecule has 0 aliphatic heterocycles. The summed E-state index contributed by atoms with van der Waals surface area (Å²) in [6, 6.07) is 4.61. The molecule has 0 amide bonds. The molecule has 1 heterocycles. The normalized spacial score (nSPS) is 12.3. The summed E-state index contributed by atoms with van der Waals surface area (Å²) in [4.78, 5) is 0. The maximum atomic E-state index is 3.59. The molecule has 0 saturated carbocycles. The van der Waals surface area contributed by atoms with Crippen LogP contribution in [-0.4, -0.2) is 16.7 Å². The number of hydrogen-bond acceptors (Lipinski definition) is 1. The Morgan fingerprint density at radius 2 is 1.75 bits per heavy atom. The fourth-order valence-corrected chi connectivity index (χ4v) is 3.08. The largest absolute Gasteiger partial charge is 0.347 e.